The van der Waals surface area contributed by atoms with E-state index >= 15 is 0 Å². The van der Waals surface area contributed by atoms with Crippen molar-refractivity contribution < 1.29 is 4.74 Å². The number of ether oxygens (including phenoxy) is 1. The Morgan fingerprint density at radius 2 is 2.44 bits per heavy atom. The lowest BCUT2D eigenvalue weighted by Gasteiger charge is -2.26. The molecule has 1 aliphatic rings. The van der Waals surface area contributed by atoms with Gasteiger partial charge in [0, 0.05) is 5.03 Å². The second kappa shape index (κ2) is 8.43. The van der Waals surface area contributed by atoms with Gasteiger partial charge in [0.15, 0.2) is 0 Å². The predicted octanol–water partition coefficient (Wildman–Crippen LogP) is 4.42. The van der Waals surface area contributed by atoms with Crippen LogP contribution in [0.15, 0.2) is 35.4 Å². The highest BCUT2D eigenvalue weighted by Gasteiger charge is 2.22. The molecule has 0 radical (unpaired) electrons. The van der Waals surface area contributed by atoms with Crippen LogP contribution in [-0.4, -0.2) is 17.6 Å². The number of terminal acetylenes is 1. The van der Waals surface area contributed by atoms with Gasteiger partial charge < -0.3 is 4.74 Å². The Morgan fingerprint density at radius 3 is 3.11 bits per heavy atom. The summed E-state index contributed by atoms with van der Waals surface area (Å²) < 4.78 is 5.97. The summed E-state index contributed by atoms with van der Waals surface area (Å²) in [5, 5.41) is 0.639. The first-order valence-electron chi connectivity index (χ1n) is 6.11. The molecule has 0 aromatic heterocycles. The van der Waals surface area contributed by atoms with Crippen LogP contribution in [0, 0.1) is 12.3 Å². The van der Waals surface area contributed by atoms with Crippen LogP contribution in [-0.2, 0) is 4.74 Å². The Labute approximate surface area is 119 Å². The smallest absolute Gasteiger partial charge is 0.0784 e. The summed E-state index contributed by atoms with van der Waals surface area (Å²) in [4.78, 5) is 0. The molecule has 0 spiro atoms. The monoisotopic (exact) mass is 284 g/mol. The van der Waals surface area contributed by atoms with Crippen molar-refractivity contribution in [3.05, 3.63) is 35.4 Å². The highest BCUT2D eigenvalue weighted by molar-refractivity contribution is 6.31. The van der Waals surface area contributed by atoms with Gasteiger partial charge in [-0.05, 0) is 31.4 Å². The molecule has 0 saturated carbocycles. The Morgan fingerprint density at radius 1 is 1.67 bits per heavy atom. The third kappa shape index (κ3) is 5.31. The normalized spacial score (nSPS) is 30.9. The summed E-state index contributed by atoms with van der Waals surface area (Å²) in [6.07, 6.45) is 16.9. The molecule has 0 aromatic carbocycles. The number of rotatable bonds is 4. The Kier molecular flexibility index (Phi) is 7.20. The topological polar surface area (TPSA) is 9.23 Å². The van der Waals surface area contributed by atoms with Crippen LogP contribution in [0.5, 0.6) is 0 Å². The molecular weight excluding hydrogens is 267 g/mol. The van der Waals surface area contributed by atoms with E-state index < -0.39 is 0 Å². The summed E-state index contributed by atoms with van der Waals surface area (Å²) in [5.74, 6) is 2.45. The third-order valence-electron chi connectivity index (χ3n) is 2.75. The lowest BCUT2D eigenvalue weighted by molar-refractivity contribution is 0.0110. The van der Waals surface area contributed by atoms with E-state index in [4.69, 9.17) is 34.4 Å². The molecule has 0 aromatic rings. The molecule has 1 heterocycles. The molecule has 3 atom stereocenters. The maximum atomic E-state index is 6.35. The third-order valence-corrected chi connectivity index (χ3v) is 3.49. The van der Waals surface area contributed by atoms with Crippen LogP contribution in [0.25, 0.3) is 0 Å². The average molecular weight is 285 g/mol. The van der Waals surface area contributed by atoms with E-state index in [1.54, 1.807) is 6.08 Å². The van der Waals surface area contributed by atoms with Crippen molar-refractivity contribution in [2.24, 2.45) is 0 Å². The molecule has 0 fully saturated rings. The molecule has 18 heavy (non-hydrogen) atoms. The van der Waals surface area contributed by atoms with Gasteiger partial charge in [0.25, 0.3) is 0 Å². The van der Waals surface area contributed by atoms with E-state index in [2.05, 4.69) is 12.8 Å². The number of hydrogen-bond acceptors (Lipinski definition) is 1. The van der Waals surface area contributed by atoms with Crippen molar-refractivity contribution in [3.63, 3.8) is 0 Å². The molecule has 1 rings (SSSR count). The molecule has 0 bridgehead atoms. The molecule has 1 nitrogen and oxygen atoms in total. The zero-order valence-corrected chi connectivity index (χ0v) is 12.0. The molecule has 0 amide bonds. The Bertz CT molecular complexity index is 376. The van der Waals surface area contributed by atoms with Crippen molar-refractivity contribution in [1.82, 2.24) is 0 Å². The fourth-order valence-electron chi connectivity index (χ4n) is 1.70. The van der Waals surface area contributed by atoms with Gasteiger partial charge in [0.1, 0.15) is 0 Å². The number of allylic oxidation sites excluding steroid dienone is 4. The zero-order valence-electron chi connectivity index (χ0n) is 10.5. The van der Waals surface area contributed by atoms with Gasteiger partial charge in [-0.25, -0.2) is 0 Å². The molecule has 2 unspecified atom stereocenters. The van der Waals surface area contributed by atoms with Gasteiger partial charge in [0.2, 0.25) is 0 Å². The van der Waals surface area contributed by atoms with Gasteiger partial charge in [-0.1, -0.05) is 42.7 Å². The van der Waals surface area contributed by atoms with E-state index in [0.717, 1.165) is 17.9 Å². The standard InChI is InChI=1S/C15H18Cl2O/c1-3-5-6-7-14(17)15-11-9-12(16)8-10-13(4-2)18-15/h1,5-6,8-10,13-15H,4,7,11H2,2H3/b6-5-,10-8-,12-9+/t13-,14?,15?/m1/s1. The molecule has 98 valence electrons. The Balaban J connectivity index is 2.66. The van der Waals surface area contributed by atoms with E-state index in [1.165, 1.54) is 0 Å². The molecule has 3 heteroatoms. The van der Waals surface area contributed by atoms with E-state index in [-0.39, 0.29) is 17.6 Å². The van der Waals surface area contributed by atoms with Gasteiger partial charge in [-0.2, -0.15) is 0 Å². The van der Waals surface area contributed by atoms with Crippen LogP contribution < -0.4 is 0 Å². The average Bonchev–Trinajstić information content (AvgIpc) is 2.35. The van der Waals surface area contributed by atoms with Crippen molar-refractivity contribution in [1.29, 1.82) is 0 Å². The molecule has 0 saturated heterocycles. The van der Waals surface area contributed by atoms with Crippen molar-refractivity contribution >= 4 is 23.2 Å². The minimum atomic E-state index is -0.101. The first-order chi connectivity index (χ1) is 8.67. The van der Waals surface area contributed by atoms with Gasteiger partial charge in [-0.3, -0.25) is 0 Å². The maximum absolute atomic E-state index is 6.35. The molecule has 1 aliphatic heterocycles. The number of hydrogen-bond donors (Lipinski definition) is 0. The molecular formula is C15H18Cl2O. The van der Waals surface area contributed by atoms with Crippen LogP contribution >= 0.6 is 23.2 Å². The first-order valence-corrected chi connectivity index (χ1v) is 6.93. The van der Waals surface area contributed by atoms with Crippen LogP contribution in [0.2, 0.25) is 0 Å². The van der Waals surface area contributed by atoms with Gasteiger partial charge in [0.05, 0.1) is 17.6 Å². The second-order valence-corrected chi connectivity index (χ2v) is 5.12. The van der Waals surface area contributed by atoms with Gasteiger partial charge >= 0.3 is 0 Å². The summed E-state index contributed by atoms with van der Waals surface area (Å²) in [6.45, 7) is 2.08. The van der Waals surface area contributed by atoms with E-state index in [0.29, 0.717) is 6.42 Å². The second-order valence-electron chi connectivity index (χ2n) is 4.13. The van der Waals surface area contributed by atoms with Crippen molar-refractivity contribution in [2.75, 3.05) is 0 Å². The number of alkyl halides is 1. The summed E-state index contributed by atoms with van der Waals surface area (Å²) in [6, 6.07) is 0. The van der Waals surface area contributed by atoms with Gasteiger partial charge in [-0.15, -0.1) is 18.0 Å². The van der Waals surface area contributed by atoms with Crippen LogP contribution in [0.4, 0.5) is 0 Å². The Hall–Kier alpha value is -0.680. The SMILES string of the molecule is C#C/C=C\CC(Cl)C1C/C=C(Cl)\C=C/[C@@H](CC)O1. The summed E-state index contributed by atoms with van der Waals surface area (Å²) in [7, 11) is 0. The van der Waals surface area contributed by atoms with Crippen LogP contribution in [0.3, 0.4) is 0 Å². The minimum Gasteiger partial charge on any atom is -0.369 e. The summed E-state index contributed by atoms with van der Waals surface area (Å²) in [5.41, 5.74) is 0. The van der Waals surface area contributed by atoms with E-state index in [9.17, 15) is 0 Å². The van der Waals surface area contributed by atoms with Crippen molar-refractivity contribution in [2.45, 2.75) is 43.8 Å². The highest BCUT2D eigenvalue weighted by Crippen LogP contribution is 2.23. The molecule has 0 N–H and O–H groups in total. The van der Waals surface area contributed by atoms with E-state index in [1.807, 2.05) is 24.3 Å². The zero-order chi connectivity index (χ0) is 13.4. The fourth-order valence-corrected chi connectivity index (χ4v) is 2.13. The number of halogens is 2. The largest absolute Gasteiger partial charge is 0.369 e. The quantitative estimate of drug-likeness (QED) is 0.549. The predicted molar refractivity (Wildman–Crippen MR) is 78.9 cm³/mol. The lowest BCUT2D eigenvalue weighted by Crippen LogP contribution is -2.29. The first kappa shape index (κ1) is 15.4. The van der Waals surface area contributed by atoms with Crippen LogP contribution in [0.1, 0.15) is 26.2 Å². The summed E-state index contributed by atoms with van der Waals surface area (Å²) >= 11 is 12.4. The van der Waals surface area contributed by atoms with Crippen molar-refractivity contribution in [3.8, 4) is 12.3 Å². The molecule has 0 aliphatic carbocycles. The highest BCUT2D eigenvalue weighted by atomic mass is 35.5. The minimum absolute atomic E-state index is 0.0438. The maximum Gasteiger partial charge on any atom is 0.0784 e. The lowest BCUT2D eigenvalue weighted by atomic mass is 10.1. The fraction of sp³-hybridized carbons (Fsp3) is 0.467.